The van der Waals surface area contributed by atoms with Crippen LogP contribution in [0, 0.1) is 11.8 Å². The average molecular weight is 256 g/mol. The molecular formula is C15H16N2O2. The molecule has 4 heteroatoms. The topological polar surface area (TPSA) is 41.9 Å². The maximum atomic E-state index is 11.6. The van der Waals surface area contributed by atoms with Crippen LogP contribution in [0.15, 0.2) is 35.5 Å². The van der Waals surface area contributed by atoms with Gasteiger partial charge >= 0.3 is 0 Å². The van der Waals surface area contributed by atoms with Gasteiger partial charge in [0.05, 0.1) is 17.7 Å². The molecular weight excluding hydrogens is 240 g/mol. The van der Waals surface area contributed by atoms with Gasteiger partial charge in [-0.15, -0.1) is 0 Å². The third-order valence-corrected chi connectivity index (χ3v) is 4.68. The number of rotatable bonds is 1. The summed E-state index contributed by atoms with van der Waals surface area (Å²) in [7, 11) is 0. The minimum absolute atomic E-state index is 0.0675. The molecule has 1 saturated heterocycles. The molecule has 1 aromatic carbocycles. The van der Waals surface area contributed by atoms with Crippen molar-refractivity contribution in [3.05, 3.63) is 35.9 Å². The second kappa shape index (κ2) is 3.83. The second-order valence-corrected chi connectivity index (χ2v) is 5.67. The lowest BCUT2D eigenvalue weighted by Gasteiger charge is -2.32. The average Bonchev–Trinajstić information content (AvgIpc) is 3.11. The van der Waals surface area contributed by atoms with Crippen molar-refractivity contribution < 1.29 is 9.63 Å². The SMILES string of the molecule is CC(=O)N1C[C@@H]2C[C@H]1[C@H]1ON=C(c3ccccc3)[C@@H]21. The first-order valence-corrected chi connectivity index (χ1v) is 6.82. The van der Waals surface area contributed by atoms with Crippen molar-refractivity contribution in [1.82, 2.24) is 4.90 Å². The number of fused-ring (bicyclic) bond motifs is 5. The van der Waals surface area contributed by atoms with Crippen molar-refractivity contribution in [3.63, 3.8) is 0 Å². The summed E-state index contributed by atoms with van der Waals surface area (Å²) < 4.78 is 0. The summed E-state index contributed by atoms with van der Waals surface area (Å²) in [5.41, 5.74) is 2.22. The standard InChI is InChI=1S/C15H16N2O2/c1-9(18)17-8-11-7-12(17)15-13(11)14(16-19-15)10-5-3-2-4-6-10/h2-6,11-13,15H,7-8H2,1H3/t11-,12-,13+,15+/m0/s1. The highest BCUT2D eigenvalue weighted by Gasteiger charge is 2.58. The van der Waals surface area contributed by atoms with E-state index in [0.29, 0.717) is 11.8 Å². The maximum Gasteiger partial charge on any atom is 0.219 e. The Morgan fingerprint density at radius 3 is 2.89 bits per heavy atom. The molecule has 2 bridgehead atoms. The lowest BCUT2D eigenvalue weighted by molar-refractivity contribution is -0.134. The lowest BCUT2D eigenvalue weighted by atomic mass is 9.85. The van der Waals surface area contributed by atoms with Crippen molar-refractivity contribution in [3.8, 4) is 0 Å². The number of carbonyl (C=O) groups excluding carboxylic acids is 1. The third-order valence-electron chi connectivity index (χ3n) is 4.68. The molecule has 0 spiro atoms. The molecule has 2 heterocycles. The van der Waals surface area contributed by atoms with Crippen molar-refractivity contribution in [1.29, 1.82) is 0 Å². The van der Waals surface area contributed by atoms with E-state index >= 15 is 0 Å². The zero-order chi connectivity index (χ0) is 13.0. The van der Waals surface area contributed by atoms with Crippen LogP contribution in [0.3, 0.4) is 0 Å². The summed E-state index contributed by atoms with van der Waals surface area (Å²) in [6, 6.07) is 10.5. The zero-order valence-electron chi connectivity index (χ0n) is 10.8. The van der Waals surface area contributed by atoms with Gasteiger partial charge in [-0.2, -0.15) is 0 Å². The molecule has 98 valence electrons. The Labute approximate surface area is 112 Å². The lowest BCUT2D eigenvalue weighted by Crippen LogP contribution is -2.48. The number of likely N-dealkylation sites (tertiary alicyclic amines) is 1. The van der Waals surface area contributed by atoms with Gasteiger partial charge in [-0.3, -0.25) is 4.79 Å². The number of amides is 1. The smallest absolute Gasteiger partial charge is 0.219 e. The molecule has 3 aliphatic rings. The van der Waals surface area contributed by atoms with Crippen molar-refractivity contribution >= 4 is 11.6 Å². The van der Waals surface area contributed by atoms with Crippen LogP contribution in [-0.2, 0) is 9.63 Å². The van der Waals surface area contributed by atoms with Gasteiger partial charge in [0.25, 0.3) is 0 Å². The van der Waals surface area contributed by atoms with Crippen LogP contribution in [0.2, 0.25) is 0 Å². The minimum atomic E-state index is 0.0675. The van der Waals surface area contributed by atoms with Gasteiger partial charge in [0, 0.05) is 13.5 Å². The van der Waals surface area contributed by atoms with Crippen LogP contribution in [0.5, 0.6) is 0 Å². The Bertz CT molecular complexity index is 555. The number of oxime groups is 1. The van der Waals surface area contributed by atoms with E-state index in [0.717, 1.165) is 24.2 Å². The van der Waals surface area contributed by atoms with Crippen molar-refractivity contribution in [2.45, 2.75) is 25.5 Å². The summed E-state index contributed by atoms with van der Waals surface area (Å²) in [5, 5.41) is 4.30. The summed E-state index contributed by atoms with van der Waals surface area (Å²) in [4.78, 5) is 19.2. The van der Waals surface area contributed by atoms with Crippen LogP contribution < -0.4 is 0 Å². The van der Waals surface area contributed by atoms with E-state index in [1.165, 1.54) is 0 Å². The summed E-state index contributed by atoms with van der Waals surface area (Å²) in [6.45, 7) is 2.50. The molecule has 2 fully saturated rings. The molecule has 4 atom stereocenters. The highest BCUT2D eigenvalue weighted by Crippen LogP contribution is 2.48. The zero-order valence-corrected chi connectivity index (χ0v) is 10.8. The highest BCUT2D eigenvalue weighted by molar-refractivity contribution is 6.03. The first kappa shape index (κ1) is 11.0. The van der Waals surface area contributed by atoms with Gasteiger partial charge in [-0.25, -0.2) is 0 Å². The fourth-order valence-electron chi connectivity index (χ4n) is 3.89. The fraction of sp³-hybridized carbons (Fsp3) is 0.467. The molecule has 0 unspecified atom stereocenters. The summed E-state index contributed by atoms with van der Waals surface area (Å²) >= 11 is 0. The molecule has 0 radical (unpaired) electrons. The van der Waals surface area contributed by atoms with Gasteiger partial charge in [-0.05, 0) is 17.9 Å². The monoisotopic (exact) mass is 256 g/mol. The molecule has 0 aromatic heterocycles. The Hall–Kier alpha value is -1.84. The molecule has 1 aliphatic carbocycles. The van der Waals surface area contributed by atoms with E-state index in [4.69, 9.17) is 4.84 Å². The first-order chi connectivity index (χ1) is 9.25. The number of nitrogens with zero attached hydrogens (tertiary/aromatic N) is 2. The van der Waals surface area contributed by atoms with Gasteiger partial charge in [-0.1, -0.05) is 35.5 Å². The van der Waals surface area contributed by atoms with Crippen LogP contribution in [0.25, 0.3) is 0 Å². The second-order valence-electron chi connectivity index (χ2n) is 5.67. The van der Waals surface area contributed by atoms with Gasteiger partial charge in [0.2, 0.25) is 5.91 Å². The number of hydrogen-bond donors (Lipinski definition) is 0. The summed E-state index contributed by atoms with van der Waals surface area (Å²) in [5.74, 6) is 1.02. The Morgan fingerprint density at radius 1 is 1.37 bits per heavy atom. The predicted octanol–water partition coefficient (Wildman–Crippen LogP) is 1.66. The van der Waals surface area contributed by atoms with Crippen LogP contribution in [-0.4, -0.2) is 35.2 Å². The van der Waals surface area contributed by atoms with E-state index < -0.39 is 0 Å². The van der Waals surface area contributed by atoms with Gasteiger partial charge in [0.1, 0.15) is 0 Å². The van der Waals surface area contributed by atoms with E-state index in [1.807, 2.05) is 23.1 Å². The van der Waals surface area contributed by atoms with E-state index in [-0.39, 0.29) is 18.1 Å². The number of piperidine rings is 1. The molecule has 0 N–H and O–H groups in total. The third kappa shape index (κ3) is 1.46. The van der Waals surface area contributed by atoms with Gasteiger partial charge < -0.3 is 9.74 Å². The molecule has 1 aromatic rings. The van der Waals surface area contributed by atoms with E-state index in [9.17, 15) is 4.79 Å². The fourth-order valence-corrected chi connectivity index (χ4v) is 3.89. The highest BCUT2D eigenvalue weighted by atomic mass is 16.6. The minimum Gasteiger partial charge on any atom is -0.389 e. The van der Waals surface area contributed by atoms with Gasteiger partial charge in [0.15, 0.2) is 6.10 Å². The van der Waals surface area contributed by atoms with E-state index in [2.05, 4.69) is 17.3 Å². The van der Waals surface area contributed by atoms with Crippen molar-refractivity contribution in [2.24, 2.45) is 17.0 Å². The maximum absolute atomic E-state index is 11.6. The Morgan fingerprint density at radius 2 is 2.16 bits per heavy atom. The molecule has 4 nitrogen and oxygen atoms in total. The molecule has 4 rings (SSSR count). The van der Waals surface area contributed by atoms with E-state index in [1.54, 1.807) is 6.92 Å². The van der Waals surface area contributed by atoms with Crippen LogP contribution in [0.4, 0.5) is 0 Å². The number of benzene rings is 1. The molecule has 19 heavy (non-hydrogen) atoms. The summed E-state index contributed by atoms with van der Waals surface area (Å²) in [6.07, 6.45) is 1.12. The molecule has 2 aliphatic heterocycles. The Kier molecular flexibility index (Phi) is 2.22. The van der Waals surface area contributed by atoms with Crippen LogP contribution in [0.1, 0.15) is 18.9 Å². The Balaban J connectivity index is 1.64. The first-order valence-electron chi connectivity index (χ1n) is 6.82. The number of hydrogen-bond acceptors (Lipinski definition) is 3. The largest absolute Gasteiger partial charge is 0.389 e. The molecule has 1 saturated carbocycles. The predicted molar refractivity (Wildman–Crippen MR) is 70.6 cm³/mol. The van der Waals surface area contributed by atoms with Crippen molar-refractivity contribution in [2.75, 3.05) is 6.54 Å². The molecule has 1 amide bonds. The number of carbonyl (C=O) groups is 1. The van der Waals surface area contributed by atoms with Crippen LogP contribution >= 0.6 is 0 Å². The quantitative estimate of drug-likeness (QED) is 0.766. The normalized spacial score (nSPS) is 35.0.